The number of aliphatic carboxylic acids is 1. The third kappa shape index (κ3) is 4.40. The van der Waals surface area contributed by atoms with Crippen LogP contribution in [0, 0.1) is 0 Å². The summed E-state index contributed by atoms with van der Waals surface area (Å²) in [6, 6.07) is 0. The number of nitrogens with zero attached hydrogens (tertiary/aromatic N) is 1. The van der Waals surface area contributed by atoms with E-state index >= 15 is 0 Å². The maximum absolute atomic E-state index is 11.6. The number of carboxylic acid groups (broad SMARTS) is 1. The number of amides is 1. The molecule has 0 aromatic rings. The minimum absolute atomic E-state index is 0.0136. The van der Waals surface area contributed by atoms with Gasteiger partial charge in [-0.1, -0.05) is 0 Å². The highest BCUT2D eigenvalue weighted by atomic mass is 32.2. The Morgan fingerprint density at radius 3 is 2.50 bits per heavy atom. The Balaban J connectivity index is 2.20. The molecule has 1 heterocycles. The van der Waals surface area contributed by atoms with Crippen molar-refractivity contribution >= 4 is 23.6 Å². The standard InChI is InChI=1S/C10H17NO4S/c1-15-8-2-4-11(5-3-8)9(12)6-16-7-10(13)14/h8H,2-7H2,1H3,(H,13,14). The quantitative estimate of drug-likeness (QED) is 0.763. The van der Waals surface area contributed by atoms with Crippen LogP contribution in [-0.2, 0) is 14.3 Å². The number of hydrogen-bond acceptors (Lipinski definition) is 4. The first-order valence-electron chi connectivity index (χ1n) is 5.23. The molecule has 0 unspecified atom stereocenters. The van der Waals surface area contributed by atoms with Crippen LogP contribution in [-0.4, -0.2) is 59.7 Å². The molecular weight excluding hydrogens is 230 g/mol. The van der Waals surface area contributed by atoms with Crippen molar-refractivity contribution < 1.29 is 19.4 Å². The van der Waals surface area contributed by atoms with Gasteiger partial charge in [-0.2, -0.15) is 0 Å². The zero-order valence-corrected chi connectivity index (χ0v) is 10.2. The van der Waals surface area contributed by atoms with Gasteiger partial charge in [-0.15, -0.1) is 11.8 Å². The predicted octanol–water partition coefficient (Wildman–Crippen LogP) is 0.442. The molecule has 0 aromatic carbocycles. The van der Waals surface area contributed by atoms with E-state index in [0.29, 0.717) is 13.1 Å². The Hall–Kier alpha value is -0.750. The largest absolute Gasteiger partial charge is 0.481 e. The zero-order chi connectivity index (χ0) is 12.0. The molecule has 1 aliphatic rings. The van der Waals surface area contributed by atoms with Crippen molar-refractivity contribution in [3.63, 3.8) is 0 Å². The molecule has 6 heteroatoms. The predicted molar refractivity (Wildman–Crippen MR) is 61.6 cm³/mol. The van der Waals surface area contributed by atoms with E-state index in [1.165, 1.54) is 0 Å². The van der Waals surface area contributed by atoms with Crippen LogP contribution in [0.25, 0.3) is 0 Å². The summed E-state index contributed by atoms with van der Waals surface area (Å²) >= 11 is 1.15. The molecule has 1 saturated heterocycles. The lowest BCUT2D eigenvalue weighted by Gasteiger charge is -2.31. The third-order valence-corrected chi connectivity index (χ3v) is 3.48. The number of hydrogen-bond donors (Lipinski definition) is 1. The Morgan fingerprint density at radius 2 is 2.00 bits per heavy atom. The van der Waals surface area contributed by atoms with Gasteiger partial charge in [0.15, 0.2) is 0 Å². The van der Waals surface area contributed by atoms with Crippen LogP contribution in [0.1, 0.15) is 12.8 Å². The van der Waals surface area contributed by atoms with Gasteiger partial charge in [-0.25, -0.2) is 0 Å². The molecule has 0 saturated carbocycles. The van der Waals surface area contributed by atoms with Crippen LogP contribution in [0.3, 0.4) is 0 Å². The molecule has 1 fully saturated rings. The van der Waals surface area contributed by atoms with Crippen molar-refractivity contribution in [2.45, 2.75) is 18.9 Å². The summed E-state index contributed by atoms with van der Waals surface area (Å²) < 4.78 is 5.21. The average molecular weight is 247 g/mol. The summed E-state index contributed by atoms with van der Waals surface area (Å²) in [7, 11) is 1.69. The smallest absolute Gasteiger partial charge is 0.313 e. The van der Waals surface area contributed by atoms with Gasteiger partial charge in [0.25, 0.3) is 0 Å². The number of methoxy groups -OCH3 is 1. The first kappa shape index (κ1) is 13.3. The van der Waals surface area contributed by atoms with E-state index in [1.807, 2.05) is 0 Å². The Morgan fingerprint density at radius 1 is 1.38 bits per heavy atom. The molecule has 5 nitrogen and oxygen atoms in total. The van der Waals surface area contributed by atoms with Crippen LogP contribution < -0.4 is 0 Å². The second-order valence-corrected chi connectivity index (χ2v) is 4.69. The second kappa shape index (κ2) is 6.75. The van der Waals surface area contributed by atoms with E-state index in [2.05, 4.69) is 0 Å². The highest BCUT2D eigenvalue weighted by Gasteiger charge is 2.22. The molecule has 1 N–H and O–H groups in total. The number of carbonyl (C=O) groups excluding carboxylic acids is 1. The van der Waals surface area contributed by atoms with Gasteiger partial charge < -0.3 is 14.7 Å². The third-order valence-electron chi connectivity index (χ3n) is 2.58. The fourth-order valence-corrected chi connectivity index (χ4v) is 2.29. The number of rotatable bonds is 5. The average Bonchev–Trinajstić information content (AvgIpc) is 2.28. The summed E-state index contributed by atoms with van der Waals surface area (Å²) in [6.45, 7) is 1.43. The van der Waals surface area contributed by atoms with E-state index in [4.69, 9.17) is 9.84 Å². The Bertz CT molecular complexity index is 251. The molecule has 0 spiro atoms. The van der Waals surface area contributed by atoms with Gasteiger partial charge in [0, 0.05) is 20.2 Å². The molecule has 0 aromatic heterocycles. The van der Waals surface area contributed by atoms with Crippen LogP contribution in [0.15, 0.2) is 0 Å². The Kier molecular flexibility index (Phi) is 5.62. The molecule has 92 valence electrons. The van der Waals surface area contributed by atoms with Crippen molar-refractivity contribution in [3.8, 4) is 0 Å². The number of thioether (sulfide) groups is 1. The molecule has 16 heavy (non-hydrogen) atoms. The molecule has 0 bridgehead atoms. The van der Waals surface area contributed by atoms with Crippen molar-refractivity contribution in [2.75, 3.05) is 31.7 Å². The van der Waals surface area contributed by atoms with E-state index in [1.54, 1.807) is 12.0 Å². The van der Waals surface area contributed by atoms with Crippen LogP contribution in [0.2, 0.25) is 0 Å². The second-order valence-electron chi connectivity index (χ2n) is 3.70. The summed E-state index contributed by atoms with van der Waals surface area (Å²) in [5.41, 5.74) is 0. The highest BCUT2D eigenvalue weighted by molar-refractivity contribution is 8.00. The number of piperidine rings is 1. The minimum atomic E-state index is -0.879. The zero-order valence-electron chi connectivity index (χ0n) is 9.35. The van der Waals surface area contributed by atoms with E-state index in [0.717, 1.165) is 24.6 Å². The number of carbonyl (C=O) groups is 2. The van der Waals surface area contributed by atoms with Gasteiger partial charge in [0.1, 0.15) is 0 Å². The lowest BCUT2D eigenvalue weighted by Crippen LogP contribution is -2.41. The first-order valence-corrected chi connectivity index (χ1v) is 6.39. The fraction of sp³-hybridized carbons (Fsp3) is 0.800. The number of carboxylic acids is 1. The van der Waals surface area contributed by atoms with Gasteiger partial charge >= 0.3 is 5.97 Å². The van der Waals surface area contributed by atoms with Crippen molar-refractivity contribution in [1.82, 2.24) is 4.90 Å². The summed E-state index contributed by atoms with van der Waals surface area (Å²) in [6.07, 6.45) is 1.99. The number of ether oxygens (including phenoxy) is 1. The SMILES string of the molecule is COC1CCN(C(=O)CSCC(=O)O)CC1. The Labute approximate surface area is 99.1 Å². The van der Waals surface area contributed by atoms with Crippen LogP contribution >= 0.6 is 11.8 Å². The normalized spacial score (nSPS) is 17.4. The lowest BCUT2D eigenvalue weighted by atomic mass is 10.1. The minimum Gasteiger partial charge on any atom is -0.481 e. The molecule has 0 atom stereocenters. The number of likely N-dealkylation sites (tertiary alicyclic amines) is 1. The molecule has 1 rings (SSSR count). The van der Waals surface area contributed by atoms with E-state index < -0.39 is 5.97 Å². The van der Waals surface area contributed by atoms with Gasteiger partial charge in [0.05, 0.1) is 17.6 Å². The van der Waals surface area contributed by atoms with Crippen molar-refractivity contribution in [1.29, 1.82) is 0 Å². The molecule has 1 aliphatic heterocycles. The highest BCUT2D eigenvalue weighted by Crippen LogP contribution is 2.14. The maximum Gasteiger partial charge on any atom is 0.313 e. The van der Waals surface area contributed by atoms with Crippen LogP contribution in [0.4, 0.5) is 0 Å². The molecule has 0 aliphatic carbocycles. The summed E-state index contributed by atoms with van der Waals surface area (Å²) in [5.74, 6) is -0.610. The summed E-state index contributed by atoms with van der Waals surface area (Å²) in [4.78, 5) is 23.7. The van der Waals surface area contributed by atoms with Gasteiger partial charge in [-0.3, -0.25) is 9.59 Å². The monoisotopic (exact) mass is 247 g/mol. The first-order chi connectivity index (χ1) is 7.63. The topological polar surface area (TPSA) is 66.8 Å². The lowest BCUT2D eigenvalue weighted by molar-refractivity contribution is -0.133. The summed E-state index contributed by atoms with van der Waals surface area (Å²) in [5, 5.41) is 8.44. The van der Waals surface area contributed by atoms with Gasteiger partial charge in [0.2, 0.25) is 5.91 Å². The molecule has 0 radical (unpaired) electrons. The van der Waals surface area contributed by atoms with Gasteiger partial charge in [-0.05, 0) is 12.8 Å². The van der Waals surface area contributed by atoms with Crippen molar-refractivity contribution in [3.05, 3.63) is 0 Å². The maximum atomic E-state index is 11.6. The molecular formula is C10H17NO4S. The van der Waals surface area contributed by atoms with E-state index in [9.17, 15) is 9.59 Å². The van der Waals surface area contributed by atoms with Crippen LogP contribution in [0.5, 0.6) is 0 Å². The van der Waals surface area contributed by atoms with Crippen molar-refractivity contribution in [2.24, 2.45) is 0 Å². The fourth-order valence-electron chi connectivity index (χ4n) is 1.66. The molecule has 1 amide bonds. The van der Waals surface area contributed by atoms with E-state index in [-0.39, 0.29) is 23.5 Å².